The molecule has 2 rings (SSSR count). The fourth-order valence-corrected chi connectivity index (χ4v) is 1.63. The molecule has 0 fully saturated rings. The van der Waals surface area contributed by atoms with E-state index in [1.807, 2.05) is 36.2 Å². The average Bonchev–Trinajstić information content (AvgIpc) is 2.40. The molecule has 2 heterocycles. The second-order valence-corrected chi connectivity index (χ2v) is 4.05. The van der Waals surface area contributed by atoms with E-state index in [9.17, 15) is 0 Å². The number of hydrogen-bond donors (Lipinski definition) is 1. The van der Waals surface area contributed by atoms with Gasteiger partial charge in [-0.1, -0.05) is 6.07 Å². The standard InChI is InChI=1S/C13H16N4O/c1-17(8-9-18)10-11-5-7-15-13(16-11)12-4-2-3-6-14-12/h2-7,18H,8-10H2,1H3. The lowest BCUT2D eigenvalue weighted by atomic mass is 10.3. The van der Waals surface area contributed by atoms with E-state index in [4.69, 9.17) is 5.11 Å². The van der Waals surface area contributed by atoms with Crippen molar-refractivity contribution in [3.05, 3.63) is 42.4 Å². The van der Waals surface area contributed by atoms with Crippen LogP contribution in [-0.4, -0.2) is 45.2 Å². The predicted octanol–water partition coefficient (Wildman–Crippen LogP) is 0.963. The molecular formula is C13H16N4O. The first-order chi connectivity index (χ1) is 8.79. The van der Waals surface area contributed by atoms with Crippen LogP contribution in [0.3, 0.4) is 0 Å². The molecule has 0 aromatic carbocycles. The van der Waals surface area contributed by atoms with Crippen molar-refractivity contribution in [2.45, 2.75) is 6.54 Å². The lowest BCUT2D eigenvalue weighted by Gasteiger charge is -2.14. The number of likely N-dealkylation sites (N-methyl/N-ethyl adjacent to an activating group) is 1. The molecule has 0 saturated carbocycles. The zero-order valence-corrected chi connectivity index (χ0v) is 10.3. The quantitative estimate of drug-likeness (QED) is 0.849. The number of pyridine rings is 1. The molecular weight excluding hydrogens is 228 g/mol. The molecule has 0 atom stereocenters. The van der Waals surface area contributed by atoms with Crippen molar-refractivity contribution in [2.75, 3.05) is 20.2 Å². The summed E-state index contributed by atoms with van der Waals surface area (Å²) in [5.41, 5.74) is 1.69. The summed E-state index contributed by atoms with van der Waals surface area (Å²) in [7, 11) is 1.94. The number of rotatable bonds is 5. The van der Waals surface area contributed by atoms with Gasteiger partial charge in [-0.15, -0.1) is 0 Å². The summed E-state index contributed by atoms with van der Waals surface area (Å²) in [5.74, 6) is 0.630. The molecule has 0 radical (unpaired) electrons. The molecule has 0 unspecified atom stereocenters. The van der Waals surface area contributed by atoms with Gasteiger partial charge in [0, 0.05) is 25.5 Å². The van der Waals surface area contributed by atoms with Crippen molar-refractivity contribution in [1.82, 2.24) is 19.9 Å². The number of aliphatic hydroxyl groups is 1. The van der Waals surface area contributed by atoms with E-state index in [0.717, 1.165) is 11.4 Å². The number of nitrogens with zero attached hydrogens (tertiary/aromatic N) is 4. The smallest absolute Gasteiger partial charge is 0.178 e. The summed E-state index contributed by atoms with van der Waals surface area (Å²) in [4.78, 5) is 14.9. The minimum atomic E-state index is 0.148. The number of aliphatic hydroxyl groups excluding tert-OH is 1. The van der Waals surface area contributed by atoms with Crippen LogP contribution in [0, 0.1) is 0 Å². The zero-order valence-electron chi connectivity index (χ0n) is 10.3. The summed E-state index contributed by atoms with van der Waals surface area (Å²) in [6, 6.07) is 7.54. The van der Waals surface area contributed by atoms with E-state index in [1.165, 1.54) is 0 Å². The van der Waals surface area contributed by atoms with Gasteiger partial charge in [-0.25, -0.2) is 9.97 Å². The van der Waals surface area contributed by atoms with Crippen LogP contribution in [0.15, 0.2) is 36.7 Å². The van der Waals surface area contributed by atoms with Crippen LogP contribution in [0.1, 0.15) is 5.69 Å². The highest BCUT2D eigenvalue weighted by molar-refractivity contribution is 5.47. The van der Waals surface area contributed by atoms with E-state index in [0.29, 0.717) is 18.9 Å². The van der Waals surface area contributed by atoms with Crippen molar-refractivity contribution in [3.8, 4) is 11.5 Å². The average molecular weight is 244 g/mol. The van der Waals surface area contributed by atoms with Gasteiger partial charge >= 0.3 is 0 Å². The van der Waals surface area contributed by atoms with Crippen molar-refractivity contribution in [3.63, 3.8) is 0 Å². The van der Waals surface area contributed by atoms with Gasteiger partial charge in [0.15, 0.2) is 5.82 Å². The molecule has 0 saturated heterocycles. The van der Waals surface area contributed by atoms with Gasteiger partial charge in [-0.2, -0.15) is 0 Å². The Morgan fingerprint density at radius 1 is 1.17 bits per heavy atom. The van der Waals surface area contributed by atoms with Crippen LogP contribution in [0.4, 0.5) is 0 Å². The van der Waals surface area contributed by atoms with Crippen molar-refractivity contribution in [2.24, 2.45) is 0 Å². The van der Waals surface area contributed by atoms with E-state index in [-0.39, 0.29) is 6.61 Å². The summed E-state index contributed by atoms with van der Waals surface area (Å²) in [6.45, 7) is 1.46. The van der Waals surface area contributed by atoms with Crippen LogP contribution in [0.2, 0.25) is 0 Å². The van der Waals surface area contributed by atoms with Gasteiger partial charge in [0.25, 0.3) is 0 Å². The van der Waals surface area contributed by atoms with Crippen molar-refractivity contribution >= 4 is 0 Å². The topological polar surface area (TPSA) is 62.1 Å². The summed E-state index contributed by atoms with van der Waals surface area (Å²) >= 11 is 0. The third-order valence-electron chi connectivity index (χ3n) is 2.52. The first kappa shape index (κ1) is 12.6. The van der Waals surface area contributed by atoms with E-state index < -0.39 is 0 Å². The minimum Gasteiger partial charge on any atom is -0.395 e. The molecule has 18 heavy (non-hydrogen) atoms. The molecule has 5 nitrogen and oxygen atoms in total. The third kappa shape index (κ3) is 3.32. The highest BCUT2D eigenvalue weighted by Crippen LogP contribution is 2.11. The van der Waals surface area contributed by atoms with Gasteiger partial charge in [0.1, 0.15) is 5.69 Å². The molecule has 0 amide bonds. The summed E-state index contributed by atoms with van der Waals surface area (Å²) in [5, 5.41) is 8.86. The second-order valence-electron chi connectivity index (χ2n) is 4.05. The van der Waals surface area contributed by atoms with Gasteiger partial charge in [-0.05, 0) is 25.2 Å². The largest absolute Gasteiger partial charge is 0.395 e. The van der Waals surface area contributed by atoms with Crippen LogP contribution in [0.25, 0.3) is 11.5 Å². The van der Waals surface area contributed by atoms with Gasteiger partial charge in [0.05, 0.1) is 12.3 Å². The monoisotopic (exact) mass is 244 g/mol. The summed E-state index contributed by atoms with van der Waals surface area (Å²) in [6.07, 6.45) is 3.46. The lowest BCUT2D eigenvalue weighted by Crippen LogP contribution is -2.22. The van der Waals surface area contributed by atoms with Crippen LogP contribution in [-0.2, 0) is 6.54 Å². The molecule has 5 heteroatoms. The van der Waals surface area contributed by atoms with Gasteiger partial charge in [0.2, 0.25) is 0 Å². The molecule has 2 aromatic heterocycles. The van der Waals surface area contributed by atoms with Crippen molar-refractivity contribution < 1.29 is 5.11 Å². The number of hydrogen-bond acceptors (Lipinski definition) is 5. The molecule has 94 valence electrons. The maximum atomic E-state index is 8.86. The Morgan fingerprint density at radius 3 is 2.78 bits per heavy atom. The number of aromatic nitrogens is 3. The fraction of sp³-hybridized carbons (Fsp3) is 0.308. The molecule has 0 bridgehead atoms. The molecule has 0 spiro atoms. The molecule has 1 N–H and O–H groups in total. The lowest BCUT2D eigenvalue weighted by molar-refractivity contribution is 0.216. The predicted molar refractivity (Wildman–Crippen MR) is 68.7 cm³/mol. The molecule has 0 aliphatic heterocycles. The first-order valence-electron chi connectivity index (χ1n) is 5.82. The molecule has 0 aliphatic rings. The van der Waals surface area contributed by atoms with Gasteiger partial charge < -0.3 is 5.11 Å². The Labute approximate surface area is 106 Å². The zero-order chi connectivity index (χ0) is 12.8. The SMILES string of the molecule is CN(CCO)Cc1ccnc(-c2ccccn2)n1. The maximum Gasteiger partial charge on any atom is 0.178 e. The second kappa shape index (κ2) is 6.18. The minimum absolute atomic E-state index is 0.148. The normalized spacial score (nSPS) is 10.8. The Kier molecular flexibility index (Phi) is 4.33. The van der Waals surface area contributed by atoms with E-state index in [2.05, 4.69) is 15.0 Å². The van der Waals surface area contributed by atoms with E-state index >= 15 is 0 Å². The van der Waals surface area contributed by atoms with Crippen LogP contribution in [0.5, 0.6) is 0 Å². The fourth-order valence-electron chi connectivity index (χ4n) is 1.63. The van der Waals surface area contributed by atoms with Crippen LogP contribution >= 0.6 is 0 Å². The Morgan fingerprint density at radius 2 is 2.06 bits per heavy atom. The highest BCUT2D eigenvalue weighted by atomic mass is 16.3. The highest BCUT2D eigenvalue weighted by Gasteiger charge is 2.05. The third-order valence-corrected chi connectivity index (χ3v) is 2.52. The molecule has 0 aliphatic carbocycles. The Hall–Kier alpha value is -1.85. The van der Waals surface area contributed by atoms with Crippen molar-refractivity contribution in [1.29, 1.82) is 0 Å². The van der Waals surface area contributed by atoms with Gasteiger partial charge in [-0.3, -0.25) is 9.88 Å². The molecule has 2 aromatic rings. The Bertz CT molecular complexity index is 489. The van der Waals surface area contributed by atoms with Crippen LogP contribution < -0.4 is 0 Å². The maximum absolute atomic E-state index is 8.86. The van der Waals surface area contributed by atoms with E-state index in [1.54, 1.807) is 12.4 Å². The first-order valence-corrected chi connectivity index (χ1v) is 5.82. The Balaban J connectivity index is 2.15. The summed E-state index contributed by atoms with van der Waals surface area (Å²) < 4.78 is 0.